The summed E-state index contributed by atoms with van der Waals surface area (Å²) in [6.45, 7) is 1.94. The predicted molar refractivity (Wildman–Crippen MR) is 69.2 cm³/mol. The molecule has 6 heteroatoms. The second kappa shape index (κ2) is 5.67. The number of nitrogens with two attached hydrogens (primary N) is 1. The smallest absolute Gasteiger partial charge is 0.254 e. The fraction of sp³-hybridized carbons (Fsp3) is 0.273. The summed E-state index contributed by atoms with van der Waals surface area (Å²) in [7, 11) is 1.60. The highest BCUT2D eigenvalue weighted by atomic mass is 79.9. The molecule has 0 aliphatic rings. The first kappa shape index (κ1) is 13.5. The molecule has 0 aromatic heterocycles. The Kier molecular flexibility index (Phi) is 4.51. The van der Waals surface area contributed by atoms with Gasteiger partial charge >= 0.3 is 0 Å². The van der Waals surface area contributed by atoms with Crippen molar-refractivity contribution in [3.8, 4) is 0 Å². The molecule has 0 fully saturated rings. The van der Waals surface area contributed by atoms with E-state index in [1.54, 1.807) is 13.1 Å². The first-order valence-electron chi connectivity index (χ1n) is 4.93. The van der Waals surface area contributed by atoms with Gasteiger partial charge in [-0.25, -0.2) is 0 Å². The van der Waals surface area contributed by atoms with Crippen LogP contribution < -0.4 is 5.73 Å². The third-order valence-electron chi connectivity index (χ3n) is 2.30. The average molecular weight is 300 g/mol. The van der Waals surface area contributed by atoms with Crippen LogP contribution in [-0.4, -0.2) is 35.4 Å². The minimum absolute atomic E-state index is 0.00602. The summed E-state index contributed by atoms with van der Waals surface area (Å²) in [6.07, 6.45) is 0. The van der Waals surface area contributed by atoms with E-state index in [0.717, 1.165) is 10.0 Å². The largest absolute Gasteiger partial charge is 0.409 e. The third kappa shape index (κ3) is 3.45. The lowest BCUT2D eigenvalue weighted by Gasteiger charge is -2.17. The summed E-state index contributed by atoms with van der Waals surface area (Å²) >= 11 is 3.32. The molecule has 0 saturated carbocycles. The molecule has 92 valence electrons. The first-order valence-corrected chi connectivity index (χ1v) is 5.73. The van der Waals surface area contributed by atoms with Crippen LogP contribution in [0.5, 0.6) is 0 Å². The number of halogens is 1. The number of amides is 1. The van der Waals surface area contributed by atoms with Crippen LogP contribution in [0.15, 0.2) is 27.8 Å². The van der Waals surface area contributed by atoms with E-state index in [0.29, 0.717) is 5.56 Å². The third-order valence-corrected chi connectivity index (χ3v) is 2.80. The van der Waals surface area contributed by atoms with Crippen LogP contribution in [0.25, 0.3) is 0 Å². The molecule has 0 radical (unpaired) electrons. The molecule has 1 rings (SSSR count). The maximum Gasteiger partial charge on any atom is 0.254 e. The van der Waals surface area contributed by atoms with Crippen LogP contribution >= 0.6 is 15.9 Å². The van der Waals surface area contributed by atoms with E-state index in [4.69, 9.17) is 10.9 Å². The van der Waals surface area contributed by atoms with Crippen molar-refractivity contribution in [1.29, 1.82) is 0 Å². The normalized spacial score (nSPS) is 11.4. The number of hydrogen-bond donors (Lipinski definition) is 2. The van der Waals surface area contributed by atoms with Crippen molar-refractivity contribution in [1.82, 2.24) is 4.90 Å². The molecule has 1 amide bonds. The Hall–Kier alpha value is -1.56. The molecule has 0 atom stereocenters. The van der Waals surface area contributed by atoms with E-state index < -0.39 is 0 Å². The topological polar surface area (TPSA) is 78.9 Å². The highest BCUT2D eigenvalue weighted by Gasteiger charge is 2.15. The molecule has 5 nitrogen and oxygen atoms in total. The number of oxime groups is 1. The van der Waals surface area contributed by atoms with Gasteiger partial charge in [0, 0.05) is 17.1 Å². The van der Waals surface area contributed by atoms with Crippen LogP contribution in [0, 0.1) is 6.92 Å². The van der Waals surface area contributed by atoms with Crippen molar-refractivity contribution < 1.29 is 10.0 Å². The summed E-state index contributed by atoms with van der Waals surface area (Å²) in [5.74, 6) is -0.177. The van der Waals surface area contributed by atoms with Gasteiger partial charge < -0.3 is 15.8 Å². The summed E-state index contributed by atoms with van der Waals surface area (Å²) in [6, 6.07) is 5.48. The minimum atomic E-state index is -0.171. The van der Waals surface area contributed by atoms with E-state index in [2.05, 4.69) is 21.1 Å². The standard InChI is InChI=1S/C11H14BrN3O2/c1-7-3-4-8(12)5-9(7)11(16)15(2)6-10(13)14-17/h3-5,17H,6H2,1-2H3,(H2,13,14). The number of rotatable bonds is 3. The average Bonchev–Trinajstić information content (AvgIpc) is 2.31. The Bertz CT molecular complexity index is 460. The molecule has 1 aromatic rings. The van der Waals surface area contributed by atoms with Crippen molar-refractivity contribution in [2.75, 3.05) is 13.6 Å². The van der Waals surface area contributed by atoms with Gasteiger partial charge in [0.1, 0.15) is 0 Å². The van der Waals surface area contributed by atoms with Gasteiger partial charge in [0.25, 0.3) is 5.91 Å². The van der Waals surface area contributed by atoms with Gasteiger partial charge in [0.15, 0.2) is 5.84 Å². The highest BCUT2D eigenvalue weighted by molar-refractivity contribution is 9.10. The van der Waals surface area contributed by atoms with Gasteiger partial charge in [0.05, 0.1) is 6.54 Å². The summed E-state index contributed by atoms with van der Waals surface area (Å²) in [5, 5.41) is 11.3. The van der Waals surface area contributed by atoms with E-state index >= 15 is 0 Å². The lowest BCUT2D eigenvalue weighted by atomic mass is 10.1. The van der Waals surface area contributed by atoms with Crippen LogP contribution in [0.2, 0.25) is 0 Å². The van der Waals surface area contributed by atoms with E-state index in [1.165, 1.54) is 4.90 Å². The lowest BCUT2D eigenvalue weighted by Crippen LogP contribution is -2.35. The van der Waals surface area contributed by atoms with Crippen molar-refractivity contribution >= 4 is 27.7 Å². The molecule has 1 aromatic carbocycles. The summed E-state index contributed by atoms with van der Waals surface area (Å²) < 4.78 is 0.837. The van der Waals surface area contributed by atoms with Crippen LogP contribution in [0.4, 0.5) is 0 Å². The van der Waals surface area contributed by atoms with Gasteiger partial charge in [-0.2, -0.15) is 0 Å². The van der Waals surface area contributed by atoms with E-state index in [1.807, 2.05) is 19.1 Å². The Morgan fingerprint density at radius 3 is 2.82 bits per heavy atom. The molecule has 0 saturated heterocycles. The Morgan fingerprint density at radius 1 is 1.59 bits per heavy atom. The zero-order valence-corrected chi connectivity index (χ0v) is 11.2. The van der Waals surface area contributed by atoms with Crippen LogP contribution in [0.1, 0.15) is 15.9 Å². The van der Waals surface area contributed by atoms with Crippen molar-refractivity contribution in [2.45, 2.75) is 6.92 Å². The monoisotopic (exact) mass is 299 g/mol. The molecular weight excluding hydrogens is 286 g/mol. The number of benzene rings is 1. The number of carbonyl (C=O) groups is 1. The Morgan fingerprint density at radius 2 is 2.24 bits per heavy atom. The highest BCUT2D eigenvalue weighted by Crippen LogP contribution is 2.17. The number of amidine groups is 1. The number of likely N-dealkylation sites (N-methyl/N-ethyl adjacent to an activating group) is 1. The van der Waals surface area contributed by atoms with Gasteiger partial charge in [-0.1, -0.05) is 27.2 Å². The SMILES string of the molecule is Cc1ccc(Br)cc1C(=O)N(C)CC(N)=NO. The summed E-state index contributed by atoms with van der Waals surface area (Å²) in [4.78, 5) is 13.5. The quantitative estimate of drug-likeness (QED) is 0.385. The number of carbonyl (C=O) groups excluding carboxylic acids is 1. The molecule has 17 heavy (non-hydrogen) atoms. The second-order valence-electron chi connectivity index (χ2n) is 3.71. The number of hydrogen-bond acceptors (Lipinski definition) is 3. The Labute approximate surface area is 108 Å². The predicted octanol–water partition coefficient (Wildman–Crippen LogP) is 1.58. The minimum Gasteiger partial charge on any atom is -0.409 e. The maximum absolute atomic E-state index is 12.1. The van der Waals surface area contributed by atoms with Gasteiger partial charge in [-0.15, -0.1) is 0 Å². The zero-order valence-electron chi connectivity index (χ0n) is 9.64. The number of nitrogens with zero attached hydrogens (tertiary/aromatic N) is 2. The van der Waals surface area contributed by atoms with Crippen LogP contribution in [0.3, 0.4) is 0 Å². The fourth-order valence-electron chi connectivity index (χ4n) is 1.38. The zero-order chi connectivity index (χ0) is 13.0. The molecule has 0 aliphatic carbocycles. The fourth-order valence-corrected chi connectivity index (χ4v) is 1.74. The molecule has 0 unspecified atom stereocenters. The lowest BCUT2D eigenvalue weighted by molar-refractivity contribution is 0.0813. The molecule has 0 heterocycles. The van der Waals surface area contributed by atoms with Crippen molar-refractivity contribution in [3.63, 3.8) is 0 Å². The van der Waals surface area contributed by atoms with E-state index in [9.17, 15) is 4.79 Å². The van der Waals surface area contributed by atoms with Crippen molar-refractivity contribution in [2.24, 2.45) is 10.9 Å². The maximum atomic E-state index is 12.1. The van der Waals surface area contributed by atoms with E-state index in [-0.39, 0.29) is 18.3 Å². The molecule has 0 aliphatic heterocycles. The molecule has 0 bridgehead atoms. The molecular formula is C11H14BrN3O2. The number of aryl methyl sites for hydroxylation is 1. The molecule has 3 N–H and O–H groups in total. The van der Waals surface area contributed by atoms with Gasteiger partial charge in [-0.05, 0) is 24.6 Å². The second-order valence-corrected chi connectivity index (χ2v) is 4.63. The molecule has 0 spiro atoms. The van der Waals surface area contributed by atoms with Gasteiger partial charge in [0.2, 0.25) is 0 Å². The summed E-state index contributed by atoms with van der Waals surface area (Å²) in [5.41, 5.74) is 6.82. The Balaban J connectivity index is 2.92. The van der Waals surface area contributed by atoms with Gasteiger partial charge in [-0.3, -0.25) is 4.79 Å². The van der Waals surface area contributed by atoms with Crippen LogP contribution in [-0.2, 0) is 0 Å². The van der Waals surface area contributed by atoms with Crippen molar-refractivity contribution in [3.05, 3.63) is 33.8 Å². The first-order chi connectivity index (χ1) is 7.95.